The molecule has 0 aromatic carbocycles. The number of phosphoric ester groups is 1. The second-order valence-electron chi connectivity index (χ2n) is 30.5. The summed E-state index contributed by atoms with van der Waals surface area (Å²) in [5, 5.41) is 0. The Bertz CT molecular complexity index is 2230. The fraction of sp³-hybridized carbons (Fsp3) is 0.745. The summed E-state index contributed by atoms with van der Waals surface area (Å²) in [6.07, 6.45) is 122. The van der Waals surface area contributed by atoms with E-state index in [1.807, 2.05) is 21.1 Å². The van der Waals surface area contributed by atoms with Gasteiger partial charge in [0.2, 0.25) is 0 Å². The highest BCUT2D eigenvalue weighted by atomic mass is 31.2. The monoisotopic (exact) mass is 1470 g/mol. The number of carbonyl (C=O) groups excluding carboxylic acids is 2. The van der Waals surface area contributed by atoms with Crippen LogP contribution < -0.4 is 0 Å². The lowest BCUT2D eigenvalue weighted by molar-refractivity contribution is -0.870. The highest BCUT2D eigenvalue weighted by molar-refractivity contribution is 7.47. The zero-order valence-electron chi connectivity index (χ0n) is 68.7. The number of phosphoric acid groups is 1. The lowest BCUT2D eigenvalue weighted by Crippen LogP contribution is -2.37. The van der Waals surface area contributed by atoms with E-state index in [-0.39, 0.29) is 25.6 Å². The molecule has 600 valence electrons. The van der Waals surface area contributed by atoms with Gasteiger partial charge in [-0.05, 0) is 109 Å². The Hall–Kier alpha value is -3.85. The van der Waals surface area contributed by atoms with E-state index in [2.05, 4.69) is 148 Å². The van der Waals surface area contributed by atoms with Crippen LogP contribution in [0.15, 0.2) is 134 Å². The van der Waals surface area contributed by atoms with Gasteiger partial charge in [-0.15, -0.1) is 0 Å². The number of esters is 2. The zero-order chi connectivity index (χ0) is 75.4. The van der Waals surface area contributed by atoms with Crippen LogP contribution in [0.1, 0.15) is 399 Å². The van der Waals surface area contributed by atoms with Gasteiger partial charge in [0.1, 0.15) is 19.8 Å². The fourth-order valence-electron chi connectivity index (χ4n) is 12.6. The first-order valence-electron chi connectivity index (χ1n) is 43.9. The summed E-state index contributed by atoms with van der Waals surface area (Å²) >= 11 is 0. The van der Waals surface area contributed by atoms with Gasteiger partial charge in [0, 0.05) is 12.8 Å². The SMILES string of the molecule is CC/C=C\C/C=C\C/C=C\C/C=C\C/C=C\C/C=C\C/C=C\CCCCCCCCCCCCCCCCCCCCCC(=O)OC(COC(=O)CCCCCCCCCCCCCCCCCCCCCCCCCCCC/C=C\C/C=C\C/C=C\C/C=C\CC)COP(=O)(O)OCC[N+](C)(C)C. The van der Waals surface area contributed by atoms with Gasteiger partial charge in [-0.25, -0.2) is 4.57 Å². The number of carbonyl (C=O) groups is 2. The molecule has 0 aliphatic carbocycles. The molecule has 0 radical (unpaired) electrons. The maximum absolute atomic E-state index is 12.9. The lowest BCUT2D eigenvalue weighted by Gasteiger charge is -2.24. The summed E-state index contributed by atoms with van der Waals surface area (Å²) in [5.41, 5.74) is 0. The number of ether oxygens (including phenoxy) is 2. The lowest BCUT2D eigenvalue weighted by atomic mass is 10.0. The van der Waals surface area contributed by atoms with Gasteiger partial charge < -0.3 is 18.9 Å². The van der Waals surface area contributed by atoms with Gasteiger partial charge in [0.25, 0.3) is 0 Å². The molecule has 0 aromatic rings. The second-order valence-corrected chi connectivity index (χ2v) is 32.0. The number of quaternary nitrogens is 1. The van der Waals surface area contributed by atoms with Gasteiger partial charge in [0.05, 0.1) is 27.7 Å². The summed E-state index contributed by atoms with van der Waals surface area (Å²) in [6, 6.07) is 0. The van der Waals surface area contributed by atoms with E-state index in [0.29, 0.717) is 23.9 Å². The van der Waals surface area contributed by atoms with Crippen LogP contribution in [0.4, 0.5) is 0 Å². The first-order valence-corrected chi connectivity index (χ1v) is 45.4. The minimum absolute atomic E-state index is 0.0310. The maximum Gasteiger partial charge on any atom is 0.472 e. The number of nitrogens with zero attached hydrogens (tertiary/aromatic N) is 1. The summed E-state index contributed by atoms with van der Waals surface area (Å²) in [6.45, 7) is 4.26. The molecule has 0 saturated carbocycles. The summed E-state index contributed by atoms with van der Waals surface area (Å²) < 4.78 is 34.9. The smallest absolute Gasteiger partial charge is 0.462 e. The average Bonchev–Trinajstić information content (AvgIpc) is 0.920. The van der Waals surface area contributed by atoms with E-state index in [1.165, 1.54) is 263 Å². The molecule has 0 heterocycles. The molecule has 0 rings (SSSR count). The van der Waals surface area contributed by atoms with Crippen LogP contribution in [-0.4, -0.2) is 74.9 Å². The van der Waals surface area contributed by atoms with Crippen molar-refractivity contribution in [2.24, 2.45) is 0 Å². The minimum atomic E-state index is -4.40. The molecule has 0 amide bonds. The average molecular weight is 1470 g/mol. The van der Waals surface area contributed by atoms with Crippen molar-refractivity contribution < 1.29 is 42.1 Å². The van der Waals surface area contributed by atoms with Gasteiger partial charge in [-0.1, -0.05) is 411 Å². The standard InChI is InChI=1S/C94H166NO8P/c1-6-8-10-12-14-16-18-20-22-24-26-28-30-32-34-36-38-40-42-44-46-47-49-51-53-55-57-59-61-63-65-67-69-71-73-75-77-79-81-83-85-87-94(97)103-92(91-102-104(98,99)101-89-88-95(3,4)5)90-100-93(96)86-84-82-80-78-76-74-72-70-68-66-64-62-60-58-56-54-52-50-48-45-43-41-39-37-35-33-31-29-27-25-23-21-19-17-15-13-11-9-7-2/h8-11,14-17,20-23,26-29,32,34,38,40,44,46,92H,6-7,12-13,18-19,24-25,30-31,33,35-37,39,41-43,45,47-91H2,1-5H3/p+1/b10-8-,11-9-,16-14-,17-15-,22-20-,23-21-,28-26-,29-27-,34-32-,40-38-,46-44-. The van der Waals surface area contributed by atoms with Crippen LogP contribution in [0.3, 0.4) is 0 Å². The van der Waals surface area contributed by atoms with Gasteiger partial charge in [0.15, 0.2) is 6.10 Å². The molecule has 1 N–H and O–H groups in total. The van der Waals surface area contributed by atoms with Crippen molar-refractivity contribution in [2.45, 2.75) is 405 Å². The Labute approximate surface area is 644 Å². The zero-order valence-corrected chi connectivity index (χ0v) is 69.6. The molecular formula is C94H167NO8P+. The largest absolute Gasteiger partial charge is 0.472 e. The van der Waals surface area contributed by atoms with Crippen molar-refractivity contribution in [3.63, 3.8) is 0 Å². The van der Waals surface area contributed by atoms with Gasteiger partial charge >= 0.3 is 19.8 Å². The number of allylic oxidation sites excluding steroid dienone is 22. The van der Waals surface area contributed by atoms with E-state index >= 15 is 0 Å². The highest BCUT2D eigenvalue weighted by Crippen LogP contribution is 2.43. The van der Waals surface area contributed by atoms with Crippen molar-refractivity contribution >= 4 is 19.8 Å². The Balaban J connectivity index is 3.89. The van der Waals surface area contributed by atoms with Gasteiger partial charge in [-0.3, -0.25) is 18.6 Å². The summed E-state index contributed by atoms with van der Waals surface area (Å²) in [4.78, 5) is 36.1. The Morgan fingerprint density at radius 3 is 0.769 bits per heavy atom. The van der Waals surface area contributed by atoms with E-state index in [9.17, 15) is 19.0 Å². The number of rotatable bonds is 81. The molecular weight excluding hydrogens is 1300 g/mol. The van der Waals surface area contributed by atoms with Crippen LogP contribution in [0.2, 0.25) is 0 Å². The van der Waals surface area contributed by atoms with Crippen LogP contribution in [0.5, 0.6) is 0 Å². The van der Waals surface area contributed by atoms with E-state index < -0.39 is 26.5 Å². The predicted molar refractivity (Wildman–Crippen MR) is 454 cm³/mol. The van der Waals surface area contributed by atoms with E-state index in [1.54, 1.807) is 0 Å². The molecule has 0 aliphatic heterocycles. The molecule has 0 aromatic heterocycles. The summed E-state index contributed by atoms with van der Waals surface area (Å²) in [7, 11) is 1.49. The fourth-order valence-corrected chi connectivity index (χ4v) is 13.3. The van der Waals surface area contributed by atoms with Crippen LogP contribution in [0.25, 0.3) is 0 Å². The van der Waals surface area contributed by atoms with Crippen LogP contribution in [0, 0.1) is 0 Å². The molecule has 0 spiro atoms. The number of unbranched alkanes of at least 4 members (excludes halogenated alkanes) is 45. The van der Waals surface area contributed by atoms with Crippen molar-refractivity contribution in [1.82, 2.24) is 0 Å². The Morgan fingerprint density at radius 1 is 0.298 bits per heavy atom. The van der Waals surface area contributed by atoms with Crippen LogP contribution in [-0.2, 0) is 32.7 Å². The highest BCUT2D eigenvalue weighted by Gasteiger charge is 2.27. The quantitative estimate of drug-likeness (QED) is 0.0211. The Kier molecular flexibility index (Phi) is 80.1. The normalized spacial score (nSPS) is 13.6. The first-order chi connectivity index (χ1) is 51.0. The maximum atomic E-state index is 12.9. The number of hydrogen-bond acceptors (Lipinski definition) is 7. The second kappa shape index (κ2) is 83.2. The molecule has 0 bridgehead atoms. The molecule has 10 heteroatoms. The molecule has 2 unspecified atom stereocenters. The molecule has 9 nitrogen and oxygen atoms in total. The third kappa shape index (κ3) is 87.1. The third-order valence-corrected chi connectivity index (χ3v) is 20.2. The molecule has 104 heavy (non-hydrogen) atoms. The van der Waals surface area contributed by atoms with E-state index in [4.69, 9.17) is 18.5 Å². The summed E-state index contributed by atoms with van der Waals surface area (Å²) in [5.74, 6) is -0.779. The van der Waals surface area contributed by atoms with Crippen LogP contribution >= 0.6 is 7.82 Å². The molecule has 2 atom stereocenters. The topological polar surface area (TPSA) is 108 Å². The minimum Gasteiger partial charge on any atom is -0.462 e. The number of likely N-dealkylation sites (N-methyl/N-ethyl adjacent to an activating group) is 1. The van der Waals surface area contributed by atoms with Gasteiger partial charge in [-0.2, -0.15) is 0 Å². The third-order valence-electron chi connectivity index (χ3n) is 19.2. The van der Waals surface area contributed by atoms with Crippen molar-refractivity contribution in [1.29, 1.82) is 0 Å². The van der Waals surface area contributed by atoms with E-state index in [0.717, 1.165) is 103 Å². The first kappa shape index (κ1) is 100. The molecule has 0 aliphatic rings. The number of hydrogen-bond donors (Lipinski definition) is 1. The predicted octanol–water partition coefficient (Wildman–Crippen LogP) is 29.8. The van der Waals surface area contributed by atoms with Crippen molar-refractivity contribution in [3.8, 4) is 0 Å². The molecule has 0 fully saturated rings. The van der Waals surface area contributed by atoms with Crippen molar-refractivity contribution in [2.75, 3.05) is 47.5 Å². The Morgan fingerprint density at radius 2 is 0.519 bits per heavy atom. The van der Waals surface area contributed by atoms with Crippen molar-refractivity contribution in [3.05, 3.63) is 134 Å². The molecule has 0 saturated heterocycles.